The largest absolute Gasteiger partial charge is 0.377 e. The lowest BCUT2D eigenvalue weighted by atomic mass is 10.3. The van der Waals surface area contributed by atoms with Crippen molar-refractivity contribution in [3.8, 4) is 0 Å². The second-order valence-corrected chi connectivity index (χ2v) is 4.62. The highest BCUT2D eigenvalue weighted by molar-refractivity contribution is 5.74. The number of rotatable bonds is 6. The summed E-state index contributed by atoms with van der Waals surface area (Å²) < 4.78 is 5.46. The van der Waals surface area contributed by atoms with Gasteiger partial charge in [-0.3, -0.25) is 0 Å². The number of amides is 2. The molecule has 0 fully saturated rings. The summed E-state index contributed by atoms with van der Waals surface area (Å²) in [6.07, 6.45) is 0.0744. The maximum atomic E-state index is 11.9. The summed E-state index contributed by atoms with van der Waals surface area (Å²) in [6, 6.07) is 0.328. The molecule has 0 aromatic carbocycles. The molecule has 1 unspecified atom stereocenters. The average molecular weight is 230 g/mol. The molecule has 0 aromatic rings. The summed E-state index contributed by atoms with van der Waals surface area (Å²) in [5.74, 6) is 0. The van der Waals surface area contributed by atoms with Gasteiger partial charge in [0.05, 0.1) is 6.10 Å². The van der Waals surface area contributed by atoms with Crippen LogP contribution in [0.15, 0.2) is 0 Å². The summed E-state index contributed by atoms with van der Waals surface area (Å²) >= 11 is 0. The second kappa shape index (κ2) is 7.49. The predicted molar refractivity (Wildman–Crippen MR) is 66.6 cm³/mol. The number of carbonyl (C=O) groups is 1. The van der Waals surface area contributed by atoms with Gasteiger partial charge in [-0.1, -0.05) is 0 Å². The van der Waals surface area contributed by atoms with Crippen LogP contribution < -0.4 is 5.32 Å². The third-order valence-electron chi connectivity index (χ3n) is 2.20. The number of hydrogen-bond acceptors (Lipinski definition) is 2. The van der Waals surface area contributed by atoms with Gasteiger partial charge in [-0.25, -0.2) is 4.79 Å². The van der Waals surface area contributed by atoms with Crippen LogP contribution in [-0.2, 0) is 4.74 Å². The van der Waals surface area contributed by atoms with E-state index in [1.807, 2.05) is 41.5 Å². The van der Waals surface area contributed by atoms with Gasteiger partial charge in [-0.15, -0.1) is 0 Å². The standard InChI is InChI=1S/C12H26N2O2/c1-7-16-11(6)8-14(10(4)5)12(15)13-9(2)3/h9-11H,7-8H2,1-6H3,(H,13,15). The molecule has 0 aliphatic rings. The van der Waals surface area contributed by atoms with Crippen molar-refractivity contribution in [2.75, 3.05) is 13.2 Å². The van der Waals surface area contributed by atoms with E-state index in [0.717, 1.165) is 0 Å². The first kappa shape index (κ1) is 15.2. The van der Waals surface area contributed by atoms with E-state index in [1.54, 1.807) is 4.90 Å². The van der Waals surface area contributed by atoms with Gasteiger partial charge in [0.2, 0.25) is 0 Å². The van der Waals surface area contributed by atoms with Crippen LogP contribution in [0.3, 0.4) is 0 Å². The van der Waals surface area contributed by atoms with E-state index in [0.29, 0.717) is 13.2 Å². The van der Waals surface area contributed by atoms with E-state index in [9.17, 15) is 4.79 Å². The molecule has 96 valence electrons. The second-order valence-electron chi connectivity index (χ2n) is 4.62. The van der Waals surface area contributed by atoms with Gasteiger partial charge in [0, 0.05) is 25.2 Å². The minimum Gasteiger partial charge on any atom is -0.377 e. The van der Waals surface area contributed by atoms with Crippen molar-refractivity contribution in [1.82, 2.24) is 10.2 Å². The van der Waals surface area contributed by atoms with Crippen molar-refractivity contribution in [1.29, 1.82) is 0 Å². The molecule has 2 amide bonds. The smallest absolute Gasteiger partial charge is 0.317 e. The third kappa shape index (κ3) is 5.95. The fourth-order valence-corrected chi connectivity index (χ4v) is 1.47. The monoisotopic (exact) mass is 230 g/mol. The zero-order chi connectivity index (χ0) is 12.7. The number of nitrogens with one attached hydrogen (secondary N) is 1. The van der Waals surface area contributed by atoms with Gasteiger partial charge in [0.25, 0.3) is 0 Å². The molecule has 1 N–H and O–H groups in total. The van der Waals surface area contributed by atoms with Gasteiger partial charge in [0.1, 0.15) is 0 Å². The molecule has 4 heteroatoms. The van der Waals surface area contributed by atoms with Gasteiger partial charge in [-0.05, 0) is 41.5 Å². The highest BCUT2D eigenvalue weighted by Crippen LogP contribution is 2.03. The number of hydrogen-bond donors (Lipinski definition) is 1. The molecule has 4 nitrogen and oxygen atoms in total. The normalized spacial score (nSPS) is 13.0. The Bertz CT molecular complexity index is 205. The third-order valence-corrected chi connectivity index (χ3v) is 2.20. The van der Waals surface area contributed by atoms with E-state index < -0.39 is 0 Å². The summed E-state index contributed by atoms with van der Waals surface area (Å²) in [5, 5.41) is 2.90. The Labute approximate surface area is 99.3 Å². The first-order valence-electron chi connectivity index (χ1n) is 6.07. The lowest BCUT2D eigenvalue weighted by molar-refractivity contribution is 0.0470. The molecule has 0 aromatic heterocycles. The topological polar surface area (TPSA) is 41.6 Å². The molecule has 0 aliphatic carbocycles. The maximum absolute atomic E-state index is 11.9. The van der Waals surface area contributed by atoms with Gasteiger partial charge >= 0.3 is 6.03 Å². The summed E-state index contributed by atoms with van der Waals surface area (Å²) in [4.78, 5) is 13.7. The Kier molecular flexibility index (Phi) is 7.13. The molecule has 16 heavy (non-hydrogen) atoms. The van der Waals surface area contributed by atoms with Crippen molar-refractivity contribution in [2.24, 2.45) is 0 Å². The van der Waals surface area contributed by atoms with Crippen molar-refractivity contribution in [3.05, 3.63) is 0 Å². The fraction of sp³-hybridized carbons (Fsp3) is 0.917. The van der Waals surface area contributed by atoms with E-state index in [4.69, 9.17) is 4.74 Å². The van der Waals surface area contributed by atoms with Gasteiger partial charge < -0.3 is 15.0 Å². The zero-order valence-corrected chi connectivity index (χ0v) is 11.4. The van der Waals surface area contributed by atoms with Crippen molar-refractivity contribution in [2.45, 2.75) is 59.7 Å². The molecule has 1 atom stereocenters. The fourth-order valence-electron chi connectivity index (χ4n) is 1.47. The lowest BCUT2D eigenvalue weighted by Crippen LogP contribution is -2.49. The van der Waals surface area contributed by atoms with E-state index in [2.05, 4.69) is 5.32 Å². The first-order valence-corrected chi connectivity index (χ1v) is 6.07. The molecule has 0 bridgehead atoms. The van der Waals surface area contributed by atoms with Crippen LogP contribution in [0.2, 0.25) is 0 Å². The molecule has 0 saturated heterocycles. The Morgan fingerprint density at radius 1 is 1.25 bits per heavy atom. The molecule has 0 spiro atoms. The molecular formula is C12H26N2O2. The van der Waals surface area contributed by atoms with Crippen LogP contribution in [-0.4, -0.2) is 42.3 Å². The minimum atomic E-state index is -0.0171. The quantitative estimate of drug-likeness (QED) is 0.760. The number of carbonyl (C=O) groups excluding carboxylic acids is 1. The number of ether oxygens (including phenoxy) is 1. The summed E-state index contributed by atoms with van der Waals surface area (Å²) in [7, 11) is 0. The average Bonchev–Trinajstić information content (AvgIpc) is 2.12. The lowest BCUT2D eigenvalue weighted by Gasteiger charge is -2.30. The van der Waals surface area contributed by atoms with Gasteiger partial charge in [-0.2, -0.15) is 0 Å². The molecule has 0 aliphatic heterocycles. The van der Waals surface area contributed by atoms with Crippen LogP contribution in [0.5, 0.6) is 0 Å². The SMILES string of the molecule is CCOC(C)CN(C(=O)NC(C)C)C(C)C. The van der Waals surface area contributed by atoms with Crippen LogP contribution in [0.25, 0.3) is 0 Å². The zero-order valence-electron chi connectivity index (χ0n) is 11.4. The number of urea groups is 1. The van der Waals surface area contributed by atoms with Crippen LogP contribution >= 0.6 is 0 Å². The Balaban J connectivity index is 4.32. The van der Waals surface area contributed by atoms with E-state index >= 15 is 0 Å². The van der Waals surface area contributed by atoms with Crippen molar-refractivity contribution >= 4 is 6.03 Å². The minimum absolute atomic E-state index is 0.0171. The highest BCUT2D eigenvalue weighted by Gasteiger charge is 2.19. The maximum Gasteiger partial charge on any atom is 0.317 e. The Morgan fingerprint density at radius 2 is 1.81 bits per heavy atom. The van der Waals surface area contributed by atoms with Gasteiger partial charge in [0.15, 0.2) is 0 Å². The molecule has 0 saturated carbocycles. The molecular weight excluding hydrogens is 204 g/mol. The van der Waals surface area contributed by atoms with Crippen LogP contribution in [0, 0.1) is 0 Å². The predicted octanol–water partition coefficient (Wildman–Crippen LogP) is 2.24. The van der Waals surface area contributed by atoms with Crippen LogP contribution in [0.4, 0.5) is 4.79 Å². The van der Waals surface area contributed by atoms with E-state index in [-0.39, 0.29) is 24.2 Å². The number of nitrogens with zero attached hydrogens (tertiary/aromatic N) is 1. The first-order chi connectivity index (χ1) is 7.38. The summed E-state index contributed by atoms with van der Waals surface area (Å²) in [5.41, 5.74) is 0. The Hall–Kier alpha value is -0.770. The molecule has 0 heterocycles. The van der Waals surface area contributed by atoms with Crippen LogP contribution in [0.1, 0.15) is 41.5 Å². The Morgan fingerprint density at radius 3 is 2.19 bits per heavy atom. The summed E-state index contributed by atoms with van der Waals surface area (Å²) in [6.45, 7) is 13.2. The van der Waals surface area contributed by atoms with E-state index in [1.165, 1.54) is 0 Å². The van der Waals surface area contributed by atoms with Crippen molar-refractivity contribution < 1.29 is 9.53 Å². The molecule has 0 rings (SSSR count). The van der Waals surface area contributed by atoms with Crippen molar-refractivity contribution in [3.63, 3.8) is 0 Å². The highest BCUT2D eigenvalue weighted by atomic mass is 16.5. The molecule has 0 radical (unpaired) electrons.